The van der Waals surface area contributed by atoms with Crippen LogP contribution in [0.1, 0.15) is 28.8 Å². The first-order valence-electron chi connectivity index (χ1n) is 8.25. The van der Waals surface area contributed by atoms with Crippen LogP contribution in [0.15, 0.2) is 48.5 Å². The molecule has 1 heterocycles. The number of likely N-dealkylation sites (tertiary alicyclic amines) is 1. The molecule has 130 valence electrons. The molecule has 2 aromatic carbocycles. The van der Waals surface area contributed by atoms with Gasteiger partial charge >= 0.3 is 6.03 Å². The van der Waals surface area contributed by atoms with E-state index < -0.39 is 6.03 Å². The second-order valence-electron chi connectivity index (χ2n) is 6.20. The van der Waals surface area contributed by atoms with Crippen molar-refractivity contribution in [2.24, 2.45) is 5.73 Å². The molecule has 2 aromatic rings. The molecule has 0 aromatic heterocycles. The summed E-state index contributed by atoms with van der Waals surface area (Å²) in [5.41, 5.74) is 7.13. The Bertz CT molecular complexity index is 776. The first kappa shape index (κ1) is 17.0. The average molecular weight is 341 g/mol. The van der Waals surface area contributed by atoms with Crippen molar-refractivity contribution >= 4 is 17.6 Å². The van der Waals surface area contributed by atoms with E-state index in [9.17, 15) is 14.0 Å². The summed E-state index contributed by atoms with van der Waals surface area (Å²) in [6, 6.07) is 12.6. The number of benzene rings is 2. The lowest BCUT2D eigenvalue weighted by molar-refractivity contribution is 0.0736. The van der Waals surface area contributed by atoms with E-state index in [0.717, 1.165) is 18.4 Å². The number of hydrogen-bond acceptors (Lipinski definition) is 2. The molecule has 5 nitrogen and oxygen atoms in total. The summed E-state index contributed by atoms with van der Waals surface area (Å²) < 4.78 is 13.1. The van der Waals surface area contributed by atoms with Crippen molar-refractivity contribution in [3.8, 4) is 0 Å². The summed E-state index contributed by atoms with van der Waals surface area (Å²) in [7, 11) is 0. The quantitative estimate of drug-likeness (QED) is 0.896. The molecular weight excluding hydrogens is 321 g/mol. The number of primary amides is 1. The van der Waals surface area contributed by atoms with E-state index in [-0.39, 0.29) is 17.8 Å². The van der Waals surface area contributed by atoms with Crippen molar-refractivity contribution < 1.29 is 14.0 Å². The van der Waals surface area contributed by atoms with Crippen molar-refractivity contribution in [2.75, 3.05) is 11.9 Å². The summed E-state index contributed by atoms with van der Waals surface area (Å²) in [6.07, 6.45) is 2.56. The highest BCUT2D eigenvalue weighted by Crippen LogP contribution is 2.24. The molecule has 25 heavy (non-hydrogen) atoms. The largest absolute Gasteiger partial charge is 0.351 e. The Kier molecular flexibility index (Phi) is 4.97. The second-order valence-corrected chi connectivity index (χ2v) is 6.20. The smallest absolute Gasteiger partial charge is 0.316 e. The molecule has 1 fully saturated rings. The SMILES string of the molecule is NC(=O)Nc1cccc(C(=O)N2CCC[C@@H]2Cc2ccc(F)cc2)c1. The van der Waals surface area contributed by atoms with Crippen molar-refractivity contribution in [1.82, 2.24) is 4.90 Å². The van der Waals surface area contributed by atoms with Crippen LogP contribution in [0.2, 0.25) is 0 Å². The second kappa shape index (κ2) is 7.34. The lowest BCUT2D eigenvalue weighted by Crippen LogP contribution is -2.36. The van der Waals surface area contributed by atoms with Gasteiger partial charge in [0.2, 0.25) is 0 Å². The molecule has 0 aliphatic carbocycles. The van der Waals surface area contributed by atoms with Crippen LogP contribution in [0.4, 0.5) is 14.9 Å². The number of halogens is 1. The van der Waals surface area contributed by atoms with Gasteiger partial charge in [-0.2, -0.15) is 0 Å². The highest BCUT2D eigenvalue weighted by atomic mass is 19.1. The van der Waals surface area contributed by atoms with Gasteiger partial charge in [0.15, 0.2) is 0 Å². The van der Waals surface area contributed by atoms with Gasteiger partial charge in [0, 0.05) is 23.8 Å². The molecule has 0 saturated carbocycles. The maximum absolute atomic E-state index is 13.1. The number of hydrogen-bond donors (Lipinski definition) is 2. The van der Waals surface area contributed by atoms with Crippen LogP contribution in [0.5, 0.6) is 0 Å². The summed E-state index contributed by atoms with van der Waals surface area (Å²) in [5, 5.41) is 2.48. The topological polar surface area (TPSA) is 75.4 Å². The van der Waals surface area contributed by atoms with Crippen LogP contribution in [-0.2, 0) is 6.42 Å². The zero-order valence-electron chi connectivity index (χ0n) is 13.7. The molecule has 1 saturated heterocycles. The van der Waals surface area contributed by atoms with Gasteiger partial charge in [-0.1, -0.05) is 18.2 Å². The molecule has 0 radical (unpaired) electrons. The summed E-state index contributed by atoms with van der Waals surface area (Å²) in [4.78, 5) is 25.7. The maximum atomic E-state index is 13.1. The third kappa shape index (κ3) is 4.15. The molecule has 1 aliphatic heterocycles. The number of urea groups is 1. The fraction of sp³-hybridized carbons (Fsp3) is 0.263. The number of nitrogens with zero attached hydrogens (tertiary/aromatic N) is 1. The molecule has 3 rings (SSSR count). The normalized spacial score (nSPS) is 16.7. The van der Waals surface area contributed by atoms with E-state index in [2.05, 4.69) is 5.32 Å². The summed E-state index contributed by atoms with van der Waals surface area (Å²) in [6.45, 7) is 0.693. The molecule has 0 spiro atoms. The number of nitrogens with one attached hydrogen (secondary N) is 1. The van der Waals surface area contributed by atoms with E-state index in [1.54, 1.807) is 36.4 Å². The minimum atomic E-state index is -0.667. The highest BCUT2D eigenvalue weighted by molar-refractivity contribution is 5.97. The van der Waals surface area contributed by atoms with Gasteiger partial charge < -0.3 is 16.0 Å². The fourth-order valence-corrected chi connectivity index (χ4v) is 3.25. The Labute approximate surface area is 145 Å². The number of amides is 3. The molecule has 3 N–H and O–H groups in total. The van der Waals surface area contributed by atoms with E-state index in [4.69, 9.17) is 5.73 Å². The van der Waals surface area contributed by atoms with Gasteiger partial charge in [-0.3, -0.25) is 4.79 Å². The third-order valence-corrected chi connectivity index (χ3v) is 4.40. The third-order valence-electron chi connectivity index (χ3n) is 4.40. The van der Waals surface area contributed by atoms with Crippen LogP contribution >= 0.6 is 0 Å². The maximum Gasteiger partial charge on any atom is 0.316 e. The number of anilines is 1. The Morgan fingerprint density at radius 3 is 2.68 bits per heavy atom. The number of rotatable bonds is 4. The number of carbonyl (C=O) groups is 2. The monoisotopic (exact) mass is 341 g/mol. The minimum absolute atomic E-state index is 0.0715. The Morgan fingerprint density at radius 1 is 1.20 bits per heavy atom. The van der Waals surface area contributed by atoms with E-state index in [1.807, 2.05) is 4.90 Å². The average Bonchev–Trinajstić information content (AvgIpc) is 3.04. The van der Waals surface area contributed by atoms with E-state index in [1.165, 1.54) is 12.1 Å². The molecule has 0 unspecified atom stereocenters. The van der Waals surface area contributed by atoms with Gasteiger partial charge in [0.05, 0.1) is 0 Å². The van der Waals surface area contributed by atoms with Crippen molar-refractivity contribution in [2.45, 2.75) is 25.3 Å². The highest BCUT2D eigenvalue weighted by Gasteiger charge is 2.29. The van der Waals surface area contributed by atoms with Crippen LogP contribution in [0.3, 0.4) is 0 Å². The number of nitrogens with two attached hydrogens (primary N) is 1. The Hall–Kier alpha value is -2.89. The molecular formula is C19H20FN3O2. The van der Waals surface area contributed by atoms with E-state index >= 15 is 0 Å². The fourth-order valence-electron chi connectivity index (χ4n) is 3.25. The predicted octanol–water partition coefficient (Wildman–Crippen LogP) is 3.16. The molecule has 0 bridgehead atoms. The molecule has 6 heteroatoms. The van der Waals surface area contributed by atoms with Crippen LogP contribution in [0.25, 0.3) is 0 Å². The Morgan fingerprint density at radius 2 is 1.96 bits per heavy atom. The summed E-state index contributed by atoms with van der Waals surface area (Å²) in [5.74, 6) is -0.334. The van der Waals surface area contributed by atoms with Crippen LogP contribution in [-0.4, -0.2) is 29.4 Å². The van der Waals surface area contributed by atoms with Crippen LogP contribution in [0, 0.1) is 5.82 Å². The first-order chi connectivity index (χ1) is 12.0. The van der Waals surface area contributed by atoms with Gasteiger partial charge in [-0.15, -0.1) is 0 Å². The first-order valence-corrected chi connectivity index (χ1v) is 8.25. The van der Waals surface area contributed by atoms with Gasteiger partial charge in [0.25, 0.3) is 5.91 Å². The van der Waals surface area contributed by atoms with Crippen molar-refractivity contribution in [1.29, 1.82) is 0 Å². The minimum Gasteiger partial charge on any atom is -0.351 e. The van der Waals surface area contributed by atoms with Crippen molar-refractivity contribution in [3.05, 3.63) is 65.5 Å². The zero-order valence-corrected chi connectivity index (χ0v) is 13.7. The standard InChI is InChI=1S/C19H20FN3O2/c20-15-8-6-13(7-9-15)11-17-5-2-10-23(17)18(24)14-3-1-4-16(12-14)22-19(21)25/h1,3-4,6-9,12,17H,2,5,10-11H2,(H3,21,22,25)/t17-/m1/s1. The lowest BCUT2D eigenvalue weighted by atomic mass is 10.0. The molecule has 1 atom stereocenters. The zero-order chi connectivity index (χ0) is 17.8. The number of carbonyl (C=O) groups excluding carboxylic acids is 2. The molecule has 3 amide bonds. The van der Waals surface area contributed by atoms with Gasteiger partial charge in [0.1, 0.15) is 5.82 Å². The molecule has 1 aliphatic rings. The van der Waals surface area contributed by atoms with Crippen molar-refractivity contribution in [3.63, 3.8) is 0 Å². The predicted molar refractivity (Wildman–Crippen MR) is 93.8 cm³/mol. The van der Waals surface area contributed by atoms with Gasteiger partial charge in [-0.05, 0) is 55.2 Å². The lowest BCUT2D eigenvalue weighted by Gasteiger charge is -2.25. The summed E-state index contributed by atoms with van der Waals surface area (Å²) >= 11 is 0. The van der Waals surface area contributed by atoms with E-state index in [0.29, 0.717) is 24.2 Å². The van der Waals surface area contributed by atoms with Crippen LogP contribution < -0.4 is 11.1 Å². The van der Waals surface area contributed by atoms with Gasteiger partial charge in [-0.25, -0.2) is 9.18 Å². The Balaban J connectivity index is 1.74.